The topological polar surface area (TPSA) is 158 Å². The van der Waals surface area contributed by atoms with Gasteiger partial charge in [0.15, 0.2) is 9.84 Å². The van der Waals surface area contributed by atoms with Gasteiger partial charge in [0.1, 0.15) is 11.5 Å². The molecular weight excluding hydrogens is 761 g/mol. The number of sulfone groups is 1. The van der Waals surface area contributed by atoms with Crippen LogP contribution in [0.3, 0.4) is 0 Å². The lowest BCUT2D eigenvalue weighted by Gasteiger charge is -2.21. The number of hydrogen-bond acceptors (Lipinski definition) is 10. The molecule has 14 heteroatoms. The molecule has 0 saturated heterocycles. The second-order valence-corrected chi connectivity index (χ2v) is 14.4. The Morgan fingerprint density at radius 1 is 0.660 bits per heavy atom. The molecule has 2 aromatic rings. The van der Waals surface area contributed by atoms with Crippen molar-refractivity contribution >= 4 is 54.8 Å². The Labute approximate surface area is 295 Å². The van der Waals surface area contributed by atoms with Gasteiger partial charge in [0.05, 0.1) is 29.8 Å². The Bertz CT molecular complexity index is 1520. The number of hydrogen-bond donors (Lipinski definition) is 0. The monoisotopic (exact) mass is 813 g/mol. The third-order valence-corrected chi connectivity index (χ3v) is 11.4. The zero-order valence-electron chi connectivity index (χ0n) is 29.8. The largest absolute Gasteiger partial charge is 0.496 e. The van der Waals surface area contributed by atoms with Gasteiger partial charge < -0.3 is 9.47 Å². The molecule has 0 radical (unpaired) electrons. The smallest absolute Gasteiger partial charge is 0.373 e. The van der Waals surface area contributed by atoms with Gasteiger partial charge in [0.2, 0.25) is 10.0 Å². The fraction of sp³-hybridized carbons (Fsp3) is 0.576. The van der Waals surface area contributed by atoms with Gasteiger partial charge in [0.25, 0.3) is 0 Å². The quantitative estimate of drug-likeness (QED) is 0.131. The highest BCUT2D eigenvalue weighted by Gasteiger charge is 2.26. The number of methoxy groups -OCH3 is 2. The van der Waals surface area contributed by atoms with Crippen LogP contribution in [0.1, 0.15) is 79.3 Å². The third kappa shape index (κ3) is 15.4. The third-order valence-electron chi connectivity index (χ3n) is 7.22. The average Bonchev–Trinajstić information content (AvgIpc) is 3.01. The van der Waals surface area contributed by atoms with E-state index in [2.05, 4.69) is 36.4 Å². The van der Waals surface area contributed by atoms with E-state index in [0.29, 0.717) is 16.3 Å². The van der Waals surface area contributed by atoms with Crippen molar-refractivity contribution in [1.29, 1.82) is 0 Å². The zero-order chi connectivity index (χ0) is 37.5. The first-order valence-electron chi connectivity index (χ1n) is 14.8. The molecule has 0 unspecified atom stereocenters. The summed E-state index contributed by atoms with van der Waals surface area (Å²) in [5.41, 5.74) is 4.87. The minimum absolute atomic E-state index is 0.230. The molecule has 0 bridgehead atoms. The number of halogens is 1. The van der Waals surface area contributed by atoms with E-state index < -0.39 is 19.9 Å². The van der Waals surface area contributed by atoms with Crippen molar-refractivity contribution < 1.29 is 45.5 Å². The summed E-state index contributed by atoms with van der Waals surface area (Å²) in [5.74, 6) is 1.71. The Kier molecular flexibility index (Phi) is 26.4. The maximum absolute atomic E-state index is 12.7. The summed E-state index contributed by atoms with van der Waals surface area (Å²) in [5, 5.41) is 0. The predicted octanol–water partition coefficient (Wildman–Crippen LogP) is 6.51. The summed E-state index contributed by atoms with van der Waals surface area (Å²) >= 11 is 2.15. The summed E-state index contributed by atoms with van der Waals surface area (Å²) in [7, 11) is -1.79. The van der Waals surface area contributed by atoms with Gasteiger partial charge in [-0.25, -0.2) is 21.1 Å². The Morgan fingerprint density at radius 3 is 1.38 bits per heavy atom. The average molecular weight is 814 g/mol. The van der Waals surface area contributed by atoms with Crippen molar-refractivity contribution in [2.24, 2.45) is 0 Å². The van der Waals surface area contributed by atoms with Crippen molar-refractivity contribution in [2.75, 3.05) is 38.5 Å². The van der Waals surface area contributed by atoms with Crippen LogP contribution in [0.25, 0.3) is 0 Å². The highest BCUT2D eigenvalue weighted by atomic mass is 127. The summed E-state index contributed by atoms with van der Waals surface area (Å²) < 4.78 is 62.4. The lowest BCUT2D eigenvalue weighted by Crippen LogP contribution is -2.29. The number of alkyl halides is 1. The van der Waals surface area contributed by atoms with Crippen LogP contribution in [0, 0.1) is 41.5 Å². The van der Waals surface area contributed by atoms with Gasteiger partial charge in [-0.05, 0) is 105 Å². The van der Waals surface area contributed by atoms with Crippen LogP contribution < -0.4 is 9.47 Å². The molecule has 0 fully saturated rings. The number of rotatable bonds is 12. The summed E-state index contributed by atoms with van der Waals surface area (Å²) in [6, 6.07) is 3.61. The molecule has 0 saturated carbocycles. The molecule has 0 N–H and O–H groups in total. The summed E-state index contributed by atoms with van der Waals surface area (Å²) in [6.45, 7) is 15.8. The second kappa shape index (κ2) is 25.4. The lowest BCUT2D eigenvalue weighted by atomic mass is 10.1. The Balaban J connectivity index is -0.000000674. The van der Waals surface area contributed by atoms with Crippen LogP contribution in [-0.4, -0.2) is 71.9 Å². The fourth-order valence-electron chi connectivity index (χ4n) is 4.64. The SMILES string of the molecule is CCCCCS(=O)(=O)c1c(C)cc(OC)c(C)c1C.CCCCN(C)S(=O)(=O)c1c(C)cc(OC)c(C)c1C.CI.O=C=O.O=C=O. The van der Waals surface area contributed by atoms with Crippen LogP contribution in [0.4, 0.5) is 0 Å². The van der Waals surface area contributed by atoms with E-state index in [-0.39, 0.29) is 18.1 Å². The number of aryl methyl sites for hydroxylation is 2. The molecule has 0 aliphatic carbocycles. The molecule has 268 valence electrons. The predicted molar refractivity (Wildman–Crippen MR) is 191 cm³/mol. The van der Waals surface area contributed by atoms with E-state index in [0.717, 1.165) is 77.0 Å². The molecule has 0 amide bonds. The number of sulfonamides is 1. The minimum atomic E-state index is -3.44. The van der Waals surface area contributed by atoms with E-state index in [9.17, 15) is 16.8 Å². The van der Waals surface area contributed by atoms with E-state index in [1.165, 1.54) is 4.31 Å². The molecule has 2 rings (SSSR count). The normalized spacial score (nSPS) is 10.3. The molecule has 47 heavy (non-hydrogen) atoms. The zero-order valence-corrected chi connectivity index (χ0v) is 33.6. The minimum Gasteiger partial charge on any atom is -0.496 e. The molecule has 0 aliphatic rings. The van der Waals surface area contributed by atoms with Gasteiger partial charge in [-0.2, -0.15) is 19.2 Å². The van der Waals surface area contributed by atoms with Gasteiger partial charge in [-0.3, -0.25) is 0 Å². The van der Waals surface area contributed by atoms with Crippen molar-refractivity contribution in [3.8, 4) is 11.5 Å². The molecule has 0 heterocycles. The molecule has 2 aromatic carbocycles. The van der Waals surface area contributed by atoms with E-state index >= 15 is 0 Å². The first-order valence-corrected chi connectivity index (χ1v) is 20.0. The first kappa shape index (κ1) is 48.8. The highest BCUT2D eigenvalue weighted by molar-refractivity contribution is 14.1. The Morgan fingerprint density at radius 2 is 1.02 bits per heavy atom. The molecule has 0 aliphatic heterocycles. The van der Waals surface area contributed by atoms with Crippen molar-refractivity contribution in [3.05, 3.63) is 45.5 Å². The second-order valence-electron chi connectivity index (χ2n) is 10.3. The lowest BCUT2D eigenvalue weighted by molar-refractivity contribution is -0.193. The van der Waals surface area contributed by atoms with E-state index in [4.69, 9.17) is 28.7 Å². The number of ether oxygens (including phenoxy) is 2. The molecule has 11 nitrogen and oxygen atoms in total. The van der Waals surface area contributed by atoms with Crippen molar-refractivity contribution in [2.45, 2.75) is 97.3 Å². The molecular formula is C33H52INO10S2. The Hall–Kier alpha value is -2.61. The van der Waals surface area contributed by atoms with Crippen molar-refractivity contribution in [3.63, 3.8) is 0 Å². The molecule has 0 atom stereocenters. The van der Waals surface area contributed by atoms with Gasteiger partial charge in [-0.1, -0.05) is 55.7 Å². The van der Waals surface area contributed by atoms with Crippen LogP contribution >= 0.6 is 22.6 Å². The van der Waals surface area contributed by atoms with E-state index in [1.807, 2.05) is 52.5 Å². The summed E-state index contributed by atoms with van der Waals surface area (Å²) in [6.07, 6.45) is 5.03. The van der Waals surface area contributed by atoms with Crippen LogP contribution in [0.15, 0.2) is 21.9 Å². The molecule has 0 aromatic heterocycles. The van der Waals surface area contributed by atoms with Crippen LogP contribution in [0.2, 0.25) is 0 Å². The fourth-order valence-corrected chi connectivity index (χ4v) is 8.29. The molecule has 0 spiro atoms. The maximum Gasteiger partial charge on any atom is 0.373 e. The van der Waals surface area contributed by atoms with Gasteiger partial charge >= 0.3 is 12.3 Å². The number of carbonyl (C=O) groups excluding carboxylic acids is 4. The van der Waals surface area contributed by atoms with E-state index in [1.54, 1.807) is 27.3 Å². The number of unbranched alkanes of at least 4 members (excludes halogenated alkanes) is 3. The number of nitrogens with zero attached hydrogens (tertiary/aromatic N) is 1. The van der Waals surface area contributed by atoms with Crippen molar-refractivity contribution in [1.82, 2.24) is 4.31 Å². The van der Waals surface area contributed by atoms with Gasteiger partial charge in [0, 0.05) is 13.6 Å². The first-order chi connectivity index (χ1) is 21.9. The van der Waals surface area contributed by atoms with Gasteiger partial charge in [-0.15, -0.1) is 0 Å². The highest BCUT2D eigenvalue weighted by Crippen LogP contribution is 2.33. The van der Waals surface area contributed by atoms with Crippen LogP contribution in [-0.2, 0) is 39.0 Å². The summed E-state index contributed by atoms with van der Waals surface area (Å²) in [4.78, 5) is 35.4. The standard InChI is InChI=1S/C15H25NO3S.C15H24O3S.CH3I.2CO2/c1-7-8-9-16(5)20(17,18)15-11(2)10-14(19-6)12(3)13(15)4;1-6-7-8-9-19(16,17)15-11(2)10-14(18-5)12(3)13(15)4;1-2;2*2-1-3/h10H,7-9H2,1-6H3;10H,6-9H2,1-5H3;1H3;;. The maximum atomic E-state index is 12.7. The van der Waals surface area contributed by atoms with Crippen LogP contribution in [0.5, 0.6) is 11.5 Å². The number of benzene rings is 2.